The quantitative estimate of drug-likeness (QED) is 0.519. The van der Waals surface area contributed by atoms with Crippen LogP contribution in [-0.2, 0) is 10.0 Å². The summed E-state index contributed by atoms with van der Waals surface area (Å²) in [5.41, 5.74) is -3.81. The number of urea groups is 1. The number of benzene rings is 1. The zero-order chi connectivity index (χ0) is 24.5. The van der Waals surface area contributed by atoms with Gasteiger partial charge in [-0.1, -0.05) is 12.1 Å². The molecular weight excluding hydrogens is 470 g/mol. The van der Waals surface area contributed by atoms with Crippen molar-refractivity contribution in [1.82, 2.24) is 10.5 Å². The number of hydrogen-bond donors (Lipinski definition) is 3. The first-order valence-electron chi connectivity index (χ1n) is 8.82. The molecule has 0 fully saturated rings. The number of carbonyl (C=O) groups excluding carboxylic acids is 1. The van der Waals surface area contributed by atoms with Crippen molar-refractivity contribution in [3.8, 4) is 0 Å². The molecule has 0 radical (unpaired) electrons. The molecule has 0 saturated heterocycles. The highest BCUT2D eigenvalue weighted by molar-refractivity contribution is 7.92. The van der Waals surface area contributed by atoms with Crippen LogP contribution in [0.25, 0.3) is 0 Å². The van der Waals surface area contributed by atoms with Crippen molar-refractivity contribution in [2.24, 2.45) is 0 Å². The number of aryl methyl sites for hydroxylation is 1. The van der Waals surface area contributed by atoms with Crippen molar-refractivity contribution < 1.29 is 44.1 Å². The van der Waals surface area contributed by atoms with Gasteiger partial charge >= 0.3 is 18.4 Å². The molecule has 0 aliphatic rings. The molecule has 0 spiro atoms. The van der Waals surface area contributed by atoms with E-state index in [1.807, 2.05) is 5.32 Å². The Bertz CT molecular complexity index is 1060. The van der Waals surface area contributed by atoms with E-state index < -0.39 is 40.4 Å². The summed E-state index contributed by atoms with van der Waals surface area (Å²) < 4.78 is 110. The van der Waals surface area contributed by atoms with E-state index in [1.165, 1.54) is 0 Å². The molecule has 0 bridgehead atoms. The van der Waals surface area contributed by atoms with Gasteiger partial charge in [0, 0.05) is 11.3 Å². The largest absolute Gasteiger partial charge is 0.420 e. The lowest BCUT2D eigenvalue weighted by Crippen LogP contribution is -2.67. The van der Waals surface area contributed by atoms with Gasteiger partial charge in [0.25, 0.3) is 10.0 Å². The highest BCUT2D eigenvalue weighted by atomic mass is 32.2. The number of anilines is 2. The molecule has 0 aliphatic heterocycles. The molecule has 0 unspecified atom stereocenters. The lowest BCUT2D eigenvalue weighted by atomic mass is 9.94. The predicted molar refractivity (Wildman–Crippen MR) is 101 cm³/mol. The SMILES string of the molecule is CCC(NC(=O)Nc1ccc(S(=O)(=O)Nc2onc(C)c2C)cc1)(C(F)(F)F)C(F)(F)F. The van der Waals surface area contributed by atoms with Gasteiger partial charge in [-0.15, -0.1) is 0 Å². The van der Waals surface area contributed by atoms with Crippen LogP contribution in [-0.4, -0.2) is 37.5 Å². The molecule has 2 rings (SSSR count). The third-order valence-electron chi connectivity index (χ3n) is 4.63. The molecule has 1 aromatic carbocycles. The van der Waals surface area contributed by atoms with E-state index in [0.717, 1.165) is 29.6 Å². The number of amides is 2. The van der Waals surface area contributed by atoms with Crippen LogP contribution in [0.5, 0.6) is 0 Å². The molecular formula is C17H18F6N4O4S. The zero-order valence-corrected chi connectivity index (χ0v) is 17.6. The van der Waals surface area contributed by atoms with Crippen molar-refractivity contribution in [3.63, 3.8) is 0 Å². The third-order valence-corrected chi connectivity index (χ3v) is 5.98. The number of rotatable bonds is 6. The smallest absolute Gasteiger partial charge is 0.337 e. The maximum Gasteiger partial charge on any atom is 0.420 e. The number of aromatic nitrogens is 1. The summed E-state index contributed by atoms with van der Waals surface area (Å²) in [5.74, 6) is -0.126. The number of alkyl halides is 6. The number of nitrogens with zero attached hydrogens (tertiary/aromatic N) is 1. The molecule has 2 amide bonds. The number of nitrogens with one attached hydrogen (secondary N) is 3. The van der Waals surface area contributed by atoms with E-state index in [1.54, 1.807) is 13.8 Å². The molecule has 32 heavy (non-hydrogen) atoms. The van der Waals surface area contributed by atoms with Crippen molar-refractivity contribution in [2.45, 2.75) is 50.0 Å². The van der Waals surface area contributed by atoms with E-state index in [-0.39, 0.29) is 16.5 Å². The van der Waals surface area contributed by atoms with Crippen LogP contribution in [0.4, 0.5) is 42.7 Å². The first kappa shape index (κ1) is 25.3. The molecule has 2 aromatic rings. The second-order valence-electron chi connectivity index (χ2n) is 6.69. The van der Waals surface area contributed by atoms with Gasteiger partial charge in [-0.05, 0) is 44.5 Å². The molecule has 8 nitrogen and oxygen atoms in total. The second kappa shape index (κ2) is 8.52. The van der Waals surface area contributed by atoms with Gasteiger partial charge in [-0.2, -0.15) is 26.3 Å². The highest BCUT2D eigenvalue weighted by Gasteiger charge is 2.70. The Kier molecular flexibility index (Phi) is 6.73. The van der Waals surface area contributed by atoms with Gasteiger partial charge < -0.3 is 15.2 Å². The summed E-state index contributed by atoms with van der Waals surface area (Å²) in [6.45, 7) is 3.78. The van der Waals surface area contributed by atoms with Crippen LogP contribution >= 0.6 is 0 Å². The minimum Gasteiger partial charge on any atom is -0.337 e. The molecule has 0 aliphatic carbocycles. The van der Waals surface area contributed by atoms with Gasteiger partial charge in [0.05, 0.1) is 10.6 Å². The Balaban J connectivity index is 2.18. The molecule has 1 aromatic heterocycles. The molecule has 3 N–H and O–H groups in total. The third kappa shape index (κ3) is 4.92. The van der Waals surface area contributed by atoms with Crippen molar-refractivity contribution in [1.29, 1.82) is 0 Å². The van der Waals surface area contributed by atoms with Gasteiger partial charge in [0.1, 0.15) is 0 Å². The summed E-state index contributed by atoms with van der Waals surface area (Å²) in [6, 6.07) is 2.17. The predicted octanol–water partition coefficient (Wildman–Crippen LogP) is 4.49. The number of carbonyl (C=O) groups is 1. The van der Waals surface area contributed by atoms with Crippen molar-refractivity contribution in [2.75, 3.05) is 10.0 Å². The Labute approximate surface area is 178 Å². The van der Waals surface area contributed by atoms with Crippen LogP contribution in [0.15, 0.2) is 33.7 Å². The fraction of sp³-hybridized carbons (Fsp3) is 0.412. The molecule has 0 atom stereocenters. The number of sulfonamides is 1. The normalized spacial score (nSPS) is 13.0. The van der Waals surface area contributed by atoms with E-state index in [2.05, 4.69) is 9.88 Å². The van der Waals surface area contributed by atoms with Crippen molar-refractivity contribution in [3.05, 3.63) is 35.5 Å². The van der Waals surface area contributed by atoms with Gasteiger partial charge in [-0.3, -0.25) is 0 Å². The topological polar surface area (TPSA) is 113 Å². The van der Waals surface area contributed by atoms with Crippen molar-refractivity contribution >= 4 is 27.6 Å². The lowest BCUT2D eigenvalue weighted by molar-refractivity contribution is -0.304. The first-order valence-corrected chi connectivity index (χ1v) is 10.3. The lowest BCUT2D eigenvalue weighted by Gasteiger charge is -2.37. The molecule has 0 saturated carbocycles. The van der Waals surface area contributed by atoms with E-state index in [4.69, 9.17) is 4.52 Å². The van der Waals surface area contributed by atoms with Crippen LogP contribution in [0, 0.1) is 13.8 Å². The highest BCUT2D eigenvalue weighted by Crippen LogP contribution is 2.45. The maximum absolute atomic E-state index is 13.1. The van der Waals surface area contributed by atoms with Crippen LogP contribution in [0.3, 0.4) is 0 Å². The van der Waals surface area contributed by atoms with Gasteiger partial charge in [0.15, 0.2) is 0 Å². The molecule has 178 valence electrons. The van der Waals surface area contributed by atoms with Crippen LogP contribution in [0.2, 0.25) is 0 Å². The summed E-state index contributed by atoms with van der Waals surface area (Å²) >= 11 is 0. The van der Waals surface area contributed by atoms with Crippen LogP contribution < -0.4 is 15.4 Å². The fourth-order valence-electron chi connectivity index (χ4n) is 2.56. The minimum atomic E-state index is -5.81. The Morgan fingerprint density at radius 1 is 1.03 bits per heavy atom. The fourth-order valence-corrected chi connectivity index (χ4v) is 3.60. The van der Waals surface area contributed by atoms with Gasteiger partial charge in [0.2, 0.25) is 11.4 Å². The zero-order valence-electron chi connectivity index (χ0n) is 16.8. The Morgan fingerprint density at radius 3 is 1.97 bits per heavy atom. The van der Waals surface area contributed by atoms with E-state index in [9.17, 15) is 39.6 Å². The van der Waals surface area contributed by atoms with E-state index in [0.29, 0.717) is 18.2 Å². The maximum atomic E-state index is 13.1. The Morgan fingerprint density at radius 2 is 1.56 bits per heavy atom. The number of halogens is 6. The van der Waals surface area contributed by atoms with Crippen LogP contribution in [0.1, 0.15) is 24.6 Å². The summed E-state index contributed by atoms with van der Waals surface area (Å²) in [6.07, 6.45) is -13.1. The van der Waals surface area contributed by atoms with E-state index >= 15 is 0 Å². The summed E-state index contributed by atoms with van der Waals surface area (Å²) in [7, 11) is -4.15. The Hall–Kier alpha value is -2.97. The standard InChI is InChI=1S/C17H18F6N4O4S/c1-4-15(16(18,19)20,17(21,22)23)25-14(28)24-11-5-7-12(8-6-11)32(29,30)27-13-9(2)10(3)26-31-13/h5-8,27H,4H2,1-3H3,(H2,24,25,28). The monoisotopic (exact) mass is 488 g/mol. The average Bonchev–Trinajstić information content (AvgIpc) is 2.96. The molecule has 15 heteroatoms. The summed E-state index contributed by atoms with van der Waals surface area (Å²) in [4.78, 5) is 11.6. The summed E-state index contributed by atoms with van der Waals surface area (Å²) in [5, 5.41) is 6.36. The van der Waals surface area contributed by atoms with Gasteiger partial charge in [-0.25, -0.2) is 17.9 Å². The molecule has 1 heterocycles. The number of hydrogen-bond acceptors (Lipinski definition) is 5. The minimum absolute atomic E-state index is 0.126. The second-order valence-corrected chi connectivity index (χ2v) is 8.37. The average molecular weight is 488 g/mol. The first-order chi connectivity index (χ1) is 14.5.